The van der Waals surface area contributed by atoms with E-state index in [1.807, 2.05) is 18.2 Å². The molecule has 0 aliphatic heterocycles. The van der Waals surface area contributed by atoms with Crippen LogP contribution in [0, 0.1) is 0 Å². The van der Waals surface area contributed by atoms with Gasteiger partial charge in [0, 0.05) is 12.1 Å². The normalized spacial score (nSPS) is 10.6. The van der Waals surface area contributed by atoms with Crippen LogP contribution in [0.15, 0.2) is 45.5 Å². The van der Waals surface area contributed by atoms with Gasteiger partial charge in [0.1, 0.15) is 5.76 Å². The van der Waals surface area contributed by atoms with Crippen LogP contribution in [0.4, 0.5) is 0 Å². The second kappa shape index (κ2) is 5.32. The van der Waals surface area contributed by atoms with Gasteiger partial charge in [-0.2, -0.15) is 0 Å². The van der Waals surface area contributed by atoms with Gasteiger partial charge in [-0.1, -0.05) is 31.2 Å². The van der Waals surface area contributed by atoms with E-state index in [9.17, 15) is 0 Å². The molecule has 0 unspecified atom stereocenters. The maximum atomic E-state index is 5.50. The van der Waals surface area contributed by atoms with Crippen molar-refractivity contribution in [1.29, 1.82) is 0 Å². The van der Waals surface area contributed by atoms with Crippen LogP contribution >= 0.6 is 15.9 Å². The van der Waals surface area contributed by atoms with Gasteiger partial charge in [0.15, 0.2) is 0 Å². The molecule has 1 aromatic carbocycles. The molecule has 0 amide bonds. The van der Waals surface area contributed by atoms with Crippen LogP contribution in [-0.2, 0) is 6.54 Å². The minimum atomic E-state index is 0.861. The van der Waals surface area contributed by atoms with Gasteiger partial charge < -0.3 is 9.73 Å². The molecule has 0 saturated heterocycles. The lowest BCUT2D eigenvalue weighted by Crippen LogP contribution is -2.12. The molecule has 0 aliphatic rings. The molecule has 2 aromatic rings. The largest absolute Gasteiger partial charge is 0.463 e. The maximum Gasteiger partial charge on any atom is 0.148 e. The summed E-state index contributed by atoms with van der Waals surface area (Å²) in [5.74, 6) is 0.897. The van der Waals surface area contributed by atoms with Gasteiger partial charge in [-0.25, -0.2) is 0 Å². The highest BCUT2D eigenvalue weighted by molar-refractivity contribution is 9.10. The van der Waals surface area contributed by atoms with Crippen molar-refractivity contribution in [2.75, 3.05) is 6.54 Å². The van der Waals surface area contributed by atoms with Crippen molar-refractivity contribution in [3.63, 3.8) is 0 Å². The Labute approximate surface area is 104 Å². The third-order valence-electron chi connectivity index (χ3n) is 2.44. The smallest absolute Gasteiger partial charge is 0.148 e. The number of hydrogen-bond donors (Lipinski definition) is 1. The fourth-order valence-corrected chi connectivity index (χ4v) is 2.06. The molecule has 3 heteroatoms. The zero-order valence-electron chi connectivity index (χ0n) is 9.16. The van der Waals surface area contributed by atoms with Crippen LogP contribution in [-0.4, -0.2) is 6.54 Å². The van der Waals surface area contributed by atoms with Crippen molar-refractivity contribution in [2.45, 2.75) is 13.5 Å². The van der Waals surface area contributed by atoms with Gasteiger partial charge in [0.05, 0.1) is 10.7 Å². The Hall–Kier alpha value is -1.06. The second-order valence-corrected chi connectivity index (χ2v) is 4.39. The van der Waals surface area contributed by atoms with Gasteiger partial charge in [0.25, 0.3) is 0 Å². The first kappa shape index (κ1) is 11.4. The standard InChI is InChI=1S/C13H14BrNO/c1-2-15-9-10-5-3-4-6-11(10)13-12(14)7-8-16-13/h3-8,15H,2,9H2,1H3. The van der Waals surface area contributed by atoms with Crippen molar-refractivity contribution in [1.82, 2.24) is 5.32 Å². The van der Waals surface area contributed by atoms with Gasteiger partial charge in [-0.3, -0.25) is 0 Å². The van der Waals surface area contributed by atoms with Crippen molar-refractivity contribution in [3.05, 3.63) is 46.6 Å². The number of halogens is 1. The Morgan fingerprint density at radius 2 is 2.06 bits per heavy atom. The van der Waals surface area contributed by atoms with E-state index in [-0.39, 0.29) is 0 Å². The van der Waals surface area contributed by atoms with E-state index >= 15 is 0 Å². The van der Waals surface area contributed by atoms with Crippen LogP contribution in [0.3, 0.4) is 0 Å². The molecule has 84 valence electrons. The summed E-state index contributed by atoms with van der Waals surface area (Å²) < 4.78 is 6.49. The molecular formula is C13H14BrNO. The van der Waals surface area contributed by atoms with Crippen molar-refractivity contribution < 1.29 is 4.42 Å². The molecule has 1 N–H and O–H groups in total. The fourth-order valence-electron chi connectivity index (χ4n) is 1.64. The molecule has 0 radical (unpaired) electrons. The minimum absolute atomic E-state index is 0.861. The van der Waals surface area contributed by atoms with Gasteiger partial charge >= 0.3 is 0 Å². The van der Waals surface area contributed by atoms with Crippen LogP contribution in [0.1, 0.15) is 12.5 Å². The highest BCUT2D eigenvalue weighted by Crippen LogP contribution is 2.31. The Kier molecular flexibility index (Phi) is 3.80. The van der Waals surface area contributed by atoms with Gasteiger partial charge in [-0.15, -0.1) is 0 Å². The van der Waals surface area contributed by atoms with Crippen molar-refractivity contribution in [3.8, 4) is 11.3 Å². The first-order valence-electron chi connectivity index (χ1n) is 5.35. The first-order chi connectivity index (χ1) is 7.83. The number of nitrogens with one attached hydrogen (secondary N) is 1. The van der Waals surface area contributed by atoms with E-state index in [1.165, 1.54) is 5.56 Å². The molecule has 0 saturated carbocycles. The number of benzene rings is 1. The molecule has 0 bridgehead atoms. The Bertz CT molecular complexity index is 464. The number of rotatable bonds is 4. The highest BCUT2D eigenvalue weighted by Gasteiger charge is 2.10. The molecule has 2 rings (SSSR count). The average molecular weight is 280 g/mol. The highest BCUT2D eigenvalue weighted by atomic mass is 79.9. The lowest BCUT2D eigenvalue weighted by molar-refractivity contribution is 0.579. The van der Waals surface area contributed by atoms with Crippen LogP contribution < -0.4 is 5.32 Å². The third kappa shape index (κ3) is 2.36. The molecule has 0 spiro atoms. The second-order valence-electron chi connectivity index (χ2n) is 3.54. The van der Waals surface area contributed by atoms with Crippen LogP contribution in [0.2, 0.25) is 0 Å². The van der Waals surface area contributed by atoms with Crippen LogP contribution in [0.5, 0.6) is 0 Å². The van der Waals surface area contributed by atoms with E-state index in [4.69, 9.17) is 4.42 Å². The number of furan rings is 1. The van der Waals surface area contributed by atoms with E-state index < -0.39 is 0 Å². The summed E-state index contributed by atoms with van der Waals surface area (Å²) in [4.78, 5) is 0. The summed E-state index contributed by atoms with van der Waals surface area (Å²) in [5.41, 5.74) is 2.39. The van der Waals surface area contributed by atoms with E-state index in [2.05, 4.69) is 40.3 Å². The summed E-state index contributed by atoms with van der Waals surface area (Å²) in [5, 5.41) is 3.33. The summed E-state index contributed by atoms with van der Waals surface area (Å²) in [6, 6.07) is 10.2. The monoisotopic (exact) mass is 279 g/mol. The van der Waals surface area contributed by atoms with Crippen molar-refractivity contribution >= 4 is 15.9 Å². The Morgan fingerprint density at radius 3 is 2.75 bits per heavy atom. The molecule has 2 nitrogen and oxygen atoms in total. The molecule has 1 aromatic heterocycles. The maximum absolute atomic E-state index is 5.50. The lowest BCUT2D eigenvalue weighted by Gasteiger charge is -2.08. The summed E-state index contributed by atoms with van der Waals surface area (Å²) in [6.45, 7) is 3.93. The average Bonchev–Trinajstić information content (AvgIpc) is 2.73. The third-order valence-corrected chi connectivity index (χ3v) is 3.07. The lowest BCUT2D eigenvalue weighted by atomic mass is 10.1. The molecule has 1 heterocycles. The topological polar surface area (TPSA) is 25.2 Å². The first-order valence-corrected chi connectivity index (χ1v) is 6.14. The fraction of sp³-hybridized carbons (Fsp3) is 0.231. The predicted octanol–water partition coefficient (Wildman–Crippen LogP) is 3.82. The molecule has 0 atom stereocenters. The zero-order chi connectivity index (χ0) is 11.4. The van der Waals surface area contributed by atoms with Gasteiger partial charge in [-0.05, 0) is 34.1 Å². The Balaban J connectivity index is 2.37. The van der Waals surface area contributed by atoms with Crippen molar-refractivity contribution in [2.24, 2.45) is 0 Å². The van der Waals surface area contributed by atoms with Gasteiger partial charge in [0.2, 0.25) is 0 Å². The molecule has 0 fully saturated rings. The molecular weight excluding hydrogens is 266 g/mol. The van der Waals surface area contributed by atoms with E-state index in [0.717, 1.165) is 28.9 Å². The summed E-state index contributed by atoms with van der Waals surface area (Å²) >= 11 is 3.49. The minimum Gasteiger partial charge on any atom is -0.463 e. The summed E-state index contributed by atoms with van der Waals surface area (Å²) in [7, 11) is 0. The molecule has 0 aliphatic carbocycles. The van der Waals surface area contributed by atoms with Crippen LogP contribution in [0.25, 0.3) is 11.3 Å². The van der Waals surface area contributed by atoms with E-state index in [1.54, 1.807) is 6.26 Å². The predicted molar refractivity (Wildman–Crippen MR) is 69.2 cm³/mol. The quantitative estimate of drug-likeness (QED) is 0.921. The summed E-state index contributed by atoms with van der Waals surface area (Å²) in [6.07, 6.45) is 1.70. The number of hydrogen-bond acceptors (Lipinski definition) is 2. The van der Waals surface area contributed by atoms with E-state index in [0.29, 0.717) is 0 Å². The zero-order valence-corrected chi connectivity index (χ0v) is 10.8. The SMILES string of the molecule is CCNCc1ccccc1-c1occc1Br. The molecule has 16 heavy (non-hydrogen) atoms. The Morgan fingerprint density at radius 1 is 1.25 bits per heavy atom.